The number of nitrogens with zero attached hydrogens (tertiary/aromatic N) is 2. The van der Waals surface area contributed by atoms with Crippen molar-refractivity contribution in [3.8, 4) is 0 Å². The number of hydrogen-bond donors (Lipinski definition) is 2. The fourth-order valence-electron chi connectivity index (χ4n) is 1.04. The summed E-state index contributed by atoms with van der Waals surface area (Å²) in [6.45, 7) is 1.52. The number of rotatable bonds is 6. The molecule has 0 spiro atoms. The summed E-state index contributed by atoms with van der Waals surface area (Å²) in [6.07, 6.45) is 1.77. The van der Waals surface area contributed by atoms with E-state index in [9.17, 15) is 4.79 Å². The fraction of sp³-hybridized carbons (Fsp3) is 0.556. The van der Waals surface area contributed by atoms with Gasteiger partial charge in [-0.2, -0.15) is 5.10 Å². The molecule has 1 heterocycles. The maximum atomic E-state index is 11.3. The Morgan fingerprint density at radius 1 is 1.62 bits per heavy atom. The molecule has 1 aromatic heterocycles. The van der Waals surface area contributed by atoms with Gasteiger partial charge in [0.25, 0.3) is 0 Å². The van der Waals surface area contributed by atoms with E-state index < -0.39 is 0 Å². The Balaban J connectivity index is 0.00000225. The molecule has 7 heteroatoms. The highest BCUT2D eigenvalue weighted by Gasteiger charge is 2.02. The lowest BCUT2D eigenvalue weighted by molar-refractivity contribution is -0.115. The van der Waals surface area contributed by atoms with Crippen molar-refractivity contribution in [1.29, 1.82) is 0 Å². The van der Waals surface area contributed by atoms with Crippen molar-refractivity contribution < 1.29 is 9.53 Å². The summed E-state index contributed by atoms with van der Waals surface area (Å²) in [5.74, 6) is 0.459. The van der Waals surface area contributed by atoms with Crippen molar-refractivity contribution in [2.24, 2.45) is 7.05 Å². The van der Waals surface area contributed by atoms with Crippen LogP contribution < -0.4 is 10.6 Å². The van der Waals surface area contributed by atoms with Gasteiger partial charge in [0, 0.05) is 33.0 Å². The second-order valence-electron chi connectivity index (χ2n) is 3.09. The Bertz CT molecular complexity index is 316. The first-order valence-electron chi connectivity index (χ1n) is 4.71. The molecule has 1 amide bonds. The fourth-order valence-corrected chi connectivity index (χ4v) is 1.04. The number of nitrogens with one attached hydrogen (secondary N) is 2. The minimum Gasteiger partial charge on any atom is -0.383 e. The standard InChI is InChI=1S/C9H16N4O2.ClH/c1-13-5-3-8(12-13)11-9(14)7-10-4-6-15-2;/h3,5,10H,4,6-7H2,1-2H3,(H,11,12,14);1H. The van der Waals surface area contributed by atoms with Crippen LogP contribution in [0, 0.1) is 0 Å². The van der Waals surface area contributed by atoms with Gasteiger partial charge in [0.1, 0.15) is 0 Å². The summed E-state index contributed by atoms with van der Waals surface area (Å²) >= 11 is 0. The summed E-state index contributed by atoms with van der Waals surface area (Å²) in [5.41, 5.74) is 0. The summed E-state index contributed by atoms with van der Waals surface area (Å²) in [4.78, 5) is 11.3. The highest BCUT2D eigenvalue weighted by atomic mass is 35.5. The Labute approximate surface area is 101 Å². The number of aryl methyl sites for hydroxylation is 1. The molecule has 0 atom stereocenters. The number of carbonyl (C=O) groups is 1. The first-order valence-corrected chi connectivity index (χ1v) is 4.71. The van der Waals surface area contributed by atoms with Crippen LogP contribution >= 0.6 is 12.4 Å². The average molecular weight is 249 g/mol. The highest BCUT2D eigenvalue weighted by Crippen LogP contribution is 1.99. The van der Waals surface area contributed by atoms with Crippen molar-refractivity contribution in [1.82, 2.24) is 15.1 Å². The molecule has 0 aliphatic carbocycles. The molecule has 0 saturated carbocycles. The molecular weight excluding hydrogens is 232 g/mol. The number of carbonyl (C=O) groups excluding carboxylic acids is 1. The molecule has 0 aliphatic heterocycles. The van der Waals surface area contributed by atoms with Crippen molar-refractivity contribution in [2.45, 2.75) is 0 Å². The second kappa shape index (κ2) is 8.09. The molecule has 6 nitrogen and oxygen atoms in total. The Morgan fingerprint density at radius 2 is 2.38 bits per heavy atom. The lowest BCUT2D eigenvalue weighted by Gasteiger charge is -2.03. The van der Waals surface area contributed by atoms with Crippen LogP contribution in [0.5, 0.6) is 0 Å². The van der Waals surface area contributed by atoms with Crippen LogP contribution in [0.3, 0.4) is 0 Å². The third-order valence-electron chi connectivity index (χ3n) is 1.75. The molecule has 92 valence electrons. The van der Waals surface area contributed by atoms with E-state index in [4.69, 9.17) is 4.74 Å². The molecule has 0 aromatic carbocycles. The predicted octanol–water partition coefficient (Wildman–Crippen LogP) is 0.0164. The Morgan fingerprint density at radius 3 is 2.94 bits per heavy atom. The molecule has 1 rings (SSSR count). The van der Waals surface area contributed by atoms with E-state index in [0.717, 1.165) is 0 Å². The van der Waals surface area contributed by atoms with Gasteiger partial charge in [0.2, 0.25) is 5.91 Å². The van der Waals surface area contributed by atoms with Gasteiger partial charge < -0.3 is 15.4 Å². The van der Waals surface area contributed by atoms with Crippen LogP contribution in [0.15, 0.2) is 12.3 Å². The molecule has 0 saturated heterocycles. The van der Waals surface area contributed by atoms with Gasteiger partial charge in [-0.05, 0) is 0 Å². The smallest absolute Gasteiger partial charge is 0.239 e. The van der Waals surface area contributed by atoms with E-state index in [2.05, 4.69) is 15.7 Å². The van der Waals surface area contributed by atoms with Crippen LogP contribution in [-0.4, -0.2) is 42.5 Å². The molecule has 16 heavy (non-hydrogen) atoms. The summed E-state index contributed by atoms with van der Waals surface area (Å²) in [5, 5.41) is 9.63. The Hall–Kier alpha value is -1.11. The van der Waals surface area contributed by atoms with E-state index in [1.165, 1.54) is 0 Å². The van der Waals surface area contributed by atoms with Crippen LogP contribution in [0.2, 0.25) is 0 Å². The summed E-state index contributed by atoms with van der Waals surface area (Å²) in [7, 11) is 3.42. The molecule has 0 radical (unpaired) electrons. The highest BCUT2D eigenvalue weighted by molar-refractivity contribution is 5.91. The van der Waals surface area contributed by atoms with Gasteiger partial charge in [0.05, 0.1) is 13.2 Å². The van der Waals surface area contributed by atoms with Crippen LogP contribution in [0.1, 0.15) is 0 Å². The van der Waals surface area contributed by atoms with Crippen molar-refractivity contribution in [3.05, 3.63) is 12.3 Å². The zero-order chi connectivity index (χ0) is 11.1. The van der Waals surface area contributed by atoms with Crippen LogP contribution in [0.25, 0.3) is 0 Å². The molecular formula is C9H17ClN4O2. The van der Waals surface area contributed by atoms with Crippen molar-refractivity contribution >= 4 is 24.1 Å². The minimum atomic E-state index is -0.107. The van der Waals surface area contributed by atoms with E-state index >= 15 is 0 Å². The largest absolute Gasteiger partial charge is 0.383 e. The van der Waals surface area contributed by atoms with Crippen molar-refractivity contribution in [3.63, 3.8) is 0 Å². The van der Waals surface area contributed by atoms with Crippen LogP contribution in [-0.2, 0) is 16.6 Å². The molecule has 0 aliphatic rings. The number of amides is 1. The zero-order valence-corrected chi connectivity index (χ0v) is 10.2. The average Bonchev–Trinajstić information content (AvgIpc) is 2.59. The SMILES string of the molecule is COCCNCC(=O)Nc1ccn(C)n1.Cl. The summed E-state index contributed by atoms with van der Waals surface area (Å²) in [6, 6.07) is 1.74. The monoisotopic (exact) mass is 248 g/mol. The molecule has 0 fully saturated rings. The molecule has 1 aromatic rings. The van der Waals surface area contributed by atoms with E-state index in [1.54, 1.807) is 31.1 Å². The van der Waals surface area contributed by atoms with E-state index in [-0.39, 0.29) is 24.9 Å². The van der Waals surface area contributed by atoms with Gasteiger partial charge in [-0.25, -0.2) is 0 Å². The van der Waals surface area contributed by atoms with Gasteiger partial charge in [0.15, 0.2) is 5.82 Å². The Kier molecular flexibility index (Phi) is 7.53. The topological polar surface area (TPSA) is 68.2 Å². The normalized spacial score (nSPS) is 9.62. The number of halogens is 1. The molecule has 0 unspecified atom stereocenters. The quantitative estimate of drug-likeness (QED) is 0.697. The van der Waals surface area contributed by atoms with Crippen molar-refractivity contribution in [2.75, 3.05) is 32.1 Å². The van der Waals surface area contributed by atoms with Gasteiger partial charge in [-0.1, -0.05) is 0 Å². The van der Waals surface area contributed by atoms with E-state index in [0.29, 0.717) is 19.0 Å². The predicted molar refractivity (Wildman–Crippen MR) is 63.8 cm³/mol. The third kappa shape index (κ3) is 5.69. The number of anilines is 1. The number of methoxy groups -OCH3 is 1. The molecule has 2 N–H and O–H groups in total. The second-order valence-corrected chi connectivity index (χ2v) is 3.09. The first kappa shape index (κ1) is 14.9. The lowest BCUT2D eigenvalue weighted by Crippen LogP contribution is -2.30. The van der Waals surface area contributed by atoms with Gasteiger partial charge in [-0.3, -0.25) is 9.48 Å². The zero-order valence-electron chi connectivity index (χ0n) is 9.40. The third-order valence-corrected chi connectivity index (χ3v) is 1.75. The number of hydrogen-bond acceptors (Lipinski definition) is 4. The van der Waals surface area contributed by atoms with E-state index in [1.807, 2.05) is 0 Å². The maximum Gasteiger partial charge on any atom is 0.239 e. The number of aromatic nitrogens is 2. The lowest BCUT2D eigenvalue weighted by atomic mass is 10.5. The maximum absolute atomic E-state index is 11.3. The first-order chi connectivity index (χ1) is 7.22. The molecule has 0 bridgehead atoms. The summed E-state index contributed by atoms with van der Waals surface area (Å²) < 4.78 is 6.47. The van der Waals surface area contributed by atoms with Crippen LogP contribution in [0.4, 0.5) is 5.82 Å². The van der Waals surface area contributed by atoms with Gasteiger partial charge in [-0.15, -0.1) is 12.4 Å². The number of ether oxygens (including phenoxy) is 1. The minimum absolute atomic E-state index is 0. The van der Waals surface area contributed by atoms with Gasteiger partial charge >= 0.3 is 0 Å².